The van der Waals surface area contributed by atoms with Gasteiger partial charge in [0.05, 0.1) is 17.3 Å². The Labute approximate surface area is 131 Å². The Morgan fingerprint density at radius 2 is 1.96 bits per heavy atom. The molecule has 2 aromatic heterocycles. The quantitative estimate of drug-likeness (QED) is 0.795. The van der Waals surface area contributed by atoms with Gasteiger partial charge in [0.15, 0.2) is 17.4 Å². The fraction of sp³-hybridized carbons (Fsp3) is 0.250. The molecule has 3 rings (SSSR count). The highest BCUT2D eigenvalue weighted by Gasteiger charge is 2.18. The number of aryl methyl sites for hydroxylation is 1. The third-order valence-electron chi connectivity index (χ3n) is 3.32. The average molecular weight is 318 g/mol. The minimum absolute atomic E-state index is 0.166. The zero-order chi connectivity index (χ0) is 16.6. The van der Waals surface area contributed by atoms with E-state index in [1.165, 1.54) is 12.4 Å². The molecule has 0 saturated heterocycles. The lowest BCUT2D eigenvalue weighted by atomic mass is 10.2. The van der Waals surface area contributed by atoms with E-state index >= 15 is 0 Å². The van der Waals surface area contributed by atoms with Gasteiger partial charge in [-0.05, 0) is 32.0 Å². The third-order valence-corrected chi connectivity index (χ3v) is 3.32. The number of nitrogens with zero attached hydrogens (tertiary/aromatic N) is 3. The molecule has 120 valence electrons. The van der Waals surface area contributed by atoms with Crippen molar-refractivity contribution in [2.75, 3.05) is 5.32 Å². The smallest absolute Gasteiger partial charge is 0.202 e. The van der Waals surface area contributed by atoms with Gasteiger partial charge in [0, 0.05) is 13.2 Å². The molecule has 0 spiro atoms. The number of hydrogen-bond donors (Lipinski definition) is 1. The van der Waals surface area contributed by atoms with Crippen molar-refractivity contribution in [2.45, 2.75) is 20.0 Å². The molecule has 0 unspecified atom stereocenters. The number of rotatable bonds is 4. The van der Waals surface area contributed by atoms with Gasteiger partial charge in [-0.2, -0.15) is 4.39 Å². The van der Waals surface area contributed by atoms with Crippen LogP contribution in [0.4, 0.5) is 20.3 Å². The van der Waals surface area contributed by atoms with Crippen molar-refractivity contribution < 1.29 is 13.5 Å². The van der Waals surface area contributed by atoms with Gasteiger partial charge in [0.25, 0.3) is 0 Å². The first-order valence-electron chi connectivity index (χ1n) is 7.15. The largest absolute Gasteiger partial charge is 0.486 e. The van der Waals surface area contributed by atoms with Crippen LogP contribution in [0.3, 0.4) is 0 Å². The molecule has 7 heteroatoms. The van der Waals surface area contributed by atoms with Gasteiger partial charge >= 0.3 is 0 Å². The minimum Gasteiger partial charge on any atom is -0.486 e. The van der Waals surface area contributed by atoms with Crippen LogP contribution >= 0.6 is 0 Å². The topological polar surface area (TPSA) is 52.0 Å². The van der Waals surface area contributed by atoms with Crippen LogP contribution in [0, 0.1) is 11.6 Å². The zero-order valence-electron chi connectivity index (χ0n) is 13.0. The maximum Gasteiger partial charge on any atom is 0.202 e. The highest BCUT2D eigenvalue weighted by atomic mass is 19.2. The highest BCUT2D eigenvalue weighted by Crippen LogP contribution is 2.34. The fourth-order valence-electron chi connectivity index (χ4n) is 2.32. The van der Waals surface area contributed by atoms with E-state index in [4.69, 9.17) is 4.74 Å². The van der Waals surface area contributed by atoms with Crippen molar-refractivity contribution >= 4 is 22.5 Å². The van der Waals surface area contributed by atoms with Crippen LogP contribution in [0.1, 0.15) is 13.8 Å². The normalized spacial score (nSPS) is 11.2. The molecule has 0 aliphatic rings. The van der Waals surface area contributed by atoms with Crippen molar-refractivity contribution in [3.05, 3.63) is 42.4 Å². The van der Waals surface area contributed by atoms with Crippen LogP contribution < -0.4 is 10.1 Å². The second kappa shape index (κ2) is 5.83. The number of fused-ring (bicyclic) bond motifs is 1. The summed E-state index contributed by atoms with van der Waals surface area (Å²) in [5.74, 6) is -1.66. The van der Waals surface area contributed by atoms with Crippen molar-refractivity contribution in [1.29, 1.82) is 0 Å². The lowest BCUT2D eigenvalue weighted by Crippen LogP contribution is -2.10. The maximum atomic E-state index is 14.1. The van der Waals surface area contributed by atoms with E-state index in [0.29, 0.717) is 11.5 Å². The van der Waals surface area contributed by atoms with E-state index in [9.17, 15) is 8.78 Å². The van der Waals surface area contributed by atoms with Gasteiger partial charge in [0.2, 0.25) is 5.82 Å². The minimum atomic E-state index is -1.03. The van der Waals surface area contributed by atoms with Gasteiger partial charge < -0.3 is 14.6 Å². The Bertz CT molecular complexity index is 861. The molecular formula is C16H16F2N4O. The molecule has 0 radical (unpaired) electrons. The number of hydrogen-bond acceptors (Lipinski definition) is 4. The van der Waals surface area contributed by atoms with Crippen molar-refractivity contribution in [1.82, 2.24) is 14.5 Å². The van der Waals surface area contributed by atoms with E-state index in [0.717, 1.165) is 17.1 Å². The molecule has 3 aromatic rings. The lowest BCUT2D eigenvalue weighted by molar-refractivity contribution is 0.229. The first-order chi connectivity index (χ1) is 11.0. The maximum absolute atomic E-state index is 14.1. The zero-order valence-corrected chi connectivity index (χ0v) is 13.0. The molecule has 23 heavy (non-hydrogen) atoms. The Hall–Kier alpha value is -2.70. The Morgan fingerprint density at radius 1 is 1.17 bits per heavy atom. The molecule has 5 nitrogen and oxygen atoms in total. The number of benzene rings is 1. The summed E-state index contributed by atoms with van der Waals surface area (Å²) in [5.41, 5.74) is 1.81. The molecule has 0 fully saturated rings. The van der Waals surface area contributed by atoms with Crippen LogP contribution in [0.15, 0.2) is 30.7 Å². The van der Waals surface area contributed by atoms with Crippen molar-refractivity contribution in [2.24, 2.45) is 7.05 Å². The Balaban J connectivity index is 2.08. The van der Waals surface area contributed by atoms with Crippen LogP contribution in [0.5, 0.6) is 5.75 Å². The lowest BCUT2D eigenvalue weighted by Gasteiger charge is -2.16. The van der Waals surface area contributed by atoms with E-state index in [2.05, 4.69) is 15.3 Å². The second-order valence-corrected chi connectivity index (χ2v) is 5.41. The molecule has 2 heterocycles. The van der Waals surface area contributed by atoms with E-state index < -0.39 is 11.6 Å². The predicted octanol–water partition coefficient (Wildman–Crippen LogP) is 3.78. The molecule has 0 saturated carbocycles. The second-order valence-electron chi connectivity index (χ2n) is 5.41. The fourth-order valence-corrected chi connectivity index (χ4v) is 2.32. The van der Waals surface area contributed by atoms with Gasteiger partial charge in [-0.15, -0.1) is 0 Å². The van der Waals surface area contributed by atoms with E-state index in [1.807, 2.05) is 23.9 Å². The summed E-state index contributed by atoms with van der Waals surface area (Å²) >= 11 is 0. The van der Waals surface area contributed by atoms with Gasteiger partial charge in [-0.1, -0.05) is 0 Å². The summed E-state index contributed by atoms with van der Waals surface area (Å²) in [6.07, 6.45) is 2.96. The number of ether oxygens (including phenoxy) is 1. The van der Waals surface area contributed by atoms with E-state index in [1.54, 1.807) is 13.8 Å². The summed E-state index contributed by atoms with van der Waals surface area (Å²) in [5, 5.41) is 3.01. The number of anilines is 2. The van der Waals surface area contributed by atoms with Crippen molar-refractivity contribution in [3.8, 4) is 5.75 Å². The summed E-state index contributed by atoms with van der Waals surface area (Å²) in [4.78, 5) is 8.36. The number of nitrogens with one attached hydrogen (secondary N) is 1. The molecule has 0 aliphatic heterocycles. The molecule has 0 atom stereocenters. The molecule has 1 aromatic carbocycles. The molecule has 0 amide bonds. The third kappa shape index (κ3) is 2.81. The highest BCUT2D eigenvalue weighted by molar-refractivity contribution is 5.88. The number of halogens is 2. The monoisotopic (exact) mass is 318 g/mol. The van der Waals surface area contributed by atoms with Crippen LogP contribution in [-0.4, -0.2) is 20.6 Å². The predicted molar refractivity (Wildman–Crippen MR) is 83.9 cm³/mol. The standard InChI is InChI=1S/C16H16F2N4O/c1-9(2)23-15-12(5-4-10(17)13(15)18)21-16-14-11(19-8-20-16)6-7-22(14)3/h4-9H,1-3H3,(H,19,20,21). The van der Waals surface area contributed by atoms with Crippen LogP contribution in [0.2, 0.25) is 0 Å². The number of aromatic nitrogens is 3. The SMILES string of the molecule is CC(C)Oc1c(Nc2ncnc3ccn(C)c23)ccc(F)c1F. The van der Waals surface area contributed by atoms with Gasteiger partial charge in [-0.25, -0.2) is 14.4 Å². The molecule has 1 N–H and O–H groups in total. The molecular weight excluding hydrogens is 302 g/mol. The summed E-state index contributed by atoms with van der Waals surface area (Å²) in [7, 11) is 1.85. The average Bonchev–Trinajstić information content (AvgIpc) is 2.89. The van der Waals surface area contributed by atoms with Crippen LogP contribution in [0.25, 0.3) is 11.0 Å². The van der Waals surface area contributed by atoms with Gasteiger partial charge in [0.1, 0.15) is 11.8 Å². The Kier molecular flexibility index (Phi) is 3.85. The summed E-state index contributed by atoms with van der Waals surface area (Å²) in [6, 6.07) is 4.32. The first-order valence-corrected chi connectivity index (χ1v) is 7.15. The van der Waals surface area contributed by atoms with E-state index in [-0.39, 0.29) is 11.9 Å². The van der Waals surface area contributed by atoms with Crippen molar-refractivity contribution in [3.63, 3.8) is 0 Å². The summed E-state index contributed by atoms with van der Waals surface area (Å²) in [6.45, 7) is 3.49. The Morgan fingerprint density at radius 3 is 2.70 bits per heavy atom. The molecule has 0 aliphatic carbocycles. The van der Waals surface area contributed by atoms with Gasteiger partial charge in [-0.3, -0.25) is 0 Å². The first kappa shape index (κ1) is 15.2. The molecule has 0 bridgehead atoms. The summed E-state index contributed by atoms with van der Waals surface area (Å²) < 4.78 is 34.9. The van der Waals surface area contributed by atoms with Crippen LogP contribution in [-0.2, 0) is 7.05 Å².